The van der Waals surface area contributed by atoms with Gasteiger partial charge >= 0.3 is 12.0 Å². The fourth-order valence-electron chi connectivity index (χ4n) is 3.53. The molecule has 0 heterocycles. The van der Waals surface area contributed by atoms with E-state index in [1.165, 1.54) is 0 Å². The Balaban J connectivity index is 2.95. The molecule has 4 amide bonds. The van der Waals surface area contributed by atoms with Gasteiger partial charge in [0.05, 0.1) is 11.5 Å². The lowest BCUT2D eigenvalue weighted by Gasteiger charge is -2.27. The van der Waals surface area contributed by atoms with Crippen molar-refractivity contribution in [3.8, 4) is 0 Å². The molecule has 1 aromatic rings. The summed E-state index contributed by atoms with van der Waals surface area (Å²) in [5.74, 6) is -1.98. The second kappa shape index (κ2) is 14.6. The van der Waals surface area contributed by atoms with Gasteiger partial charge in [0.25, 0.3) is 0 Å². The van der Waals surface area contributed by atoms with Gasteiger partial charge in [-0.3, -0.25) is 19.2 Å². The van der Waals surface area contributed by atoms with Gasteiger partial charge < -0.3 is 26.4 Å². The summed E-state index contributed by atoms with van der Waals surface area (Å²) in [4.78, 5) is 62.1. The van der Waals surface area contributed by atoms with E-state index >= 15 is 0 Å². The molecule has 0 aliphatic carbocycles. The highest BCUT2D eigenvalue weighted by Gasteiger charge is 2.32. The Kier molecular flexibility index (Phi) is 12.6. The number of Topliss-reactive ketones (excluding diaryl/α,β-unsaturated/α-hetero) is 1. The number of nitrogens with two attached hydrogens (primary N) is 1. The molecule has 218 valence electrons. The number of benzene rings is 1. The molecule has 0 fully saturated rings. The summed E-state index contributed by atoms with van der Waals surface area (Å²) in [5.41, 5.74) is 5.16. The Hall–Kier alpha value is -3.43. The Morgan fingerprint density at radius 3 is 2.00 bits per heavy atom. The molecule has 0 bridgehead atoms. The summed E-state index contributed by atoms with van der Waals surface area (Å²) >= 11 is 0. The highest BCUT2D eigenvalue weighted by atomic mass is 16.5. The molecule has 10 nitrogen and oxygen atoms in total. The van der Waals surface area contributed by atoms with Crippen molar-refractivity contribution in [3.05, 3.63) is 29.8 Å². The van der Waals surface area contributed by atoms with E-state index < -0.39 is 28.8 Å². The molecule has 1 rings (SSSR count). The summed E-state index contributed by atoms with van der Waals surface area (Å²) in [7, 11) is 0. The van der Waals surface area contributed by atoms with Crippen LogP contribution in [0.4, 0.5) is 10.5 Å². The lowest BCUT2D eigenvalue weighted by atomic mass is 9.88. The predicted octanol–water partition coefficient (Wildman–Crippen LogP) is 3.93. The van der Waals surface area contributed by atoms with Crippen molar-refractivity contribution in [2.24, 2.45) is 28.4 Å². The number of ketones is 1. The molecular weight excluding hydrogens is 500 g/mol. The topological polar surface area (TPSA) is 157 Å². The minimum Gasteiger partial charge on any atom is -0.460 e. The number of urea groups is 1. The van der Waals surface area contributed by atoms with E-state index in [0.717, 1.165) is 5.56 Å². The highest BCUT2D eigenvalue weighted by Crippen LogP contribution is 2.21. The summed E-state index contributed by atoms with van der Waals surface area (Å²) in [6.45, 7) is 14.7. The van der Waals surface area contributed by atoms with Crippen molar-refractivity contribution in [2.75, 3.05) is 11.9 Å². The number of primary amides is 1. The van der Waals surface area contributed by atoms with E-state index in [2.05, 4.69) is 16.0 Å². The van der Waals surface area contributed by atoms with Gasteiger partial charge in [0.15, 0.2) is 5.78 Å². The second-order valence-electron chi connectivity index (χ2n) is 12.3. The van der Waals surface area contributed by atoms with Gasteiger partial charge in [-0.05, 0) is 57.2 Å². The lowest BCUT2D eigenvalue weighted by Crippen LogP contribution is -2.49. The Morgan fingerprint density at radius 2 is 1.51 bits per heavy atom. The third-order valence-corrected chi connectivity index (χ3v) is 6.03. The molecule has 10 heteroatoms. The number of esters is 1. The zero-order valence-electron chi connectivity index (χ0n) is 24.6. The van der Waals surface area contributed by atoms with Crippen molar-refractivity contribution < 1.29 is 28.7 Å². The summed E-state index contributed by atoms with van der Waals surface area (Å²) in [6, 6.07) is 5.51. The van der Waals surface area contributed by atoms with E-state index in [1.807, 2.05) is 13.8 Å². The van der Waals surface area contributed by atoms with E-state index in [9.17, 15) is 24.0 Å². The number of rotatable bonds is 13. The molecule has 5 N–H and O–H groups in total. The average molecular weight is 547 g/mol. The van der Waals surface area contributed by atoms with Gasteiger partial charge in [0.2, 0.25) is 11.8 Å². The predicted molar refractivity (Wildman–Crippen MR) is 150 cm³/mol. The molecule has 1 unspecified atom stereocenters. The van der Waals surface area contributed by atoms with E-state index in [4.69, 9.17) is 10.5 Å². The van der Waals surface area contributed by atoms with Crippen LogP contribution in [0, 0.1) is 22.7 Å². The van der Waals surface area contributed by atoms with Crippen LogP contribution in [0.3, 0.4) is 0 Å². The summed E-state index contributed by atoms with van der Waals surface area (Å²) in [5, 5.41) is 8.18. The second-order valence-corrected chi connectivity index (χ2v) is 12.3. The Labute approximate surface area is 232 Å². The first-order chi connectivity index (χ1) is 17.9. The standard InChI is InChI=1S/C29H46N4O6/c1-18(2)23(33-25(36)28(3,4)5)22(34)16-20(10-9-15-31-27(30)38)24(35)32-21-13-11-19(12-14-21)17-39-26(37)29(6,7)8/h11-14,18,20,23H,9-10,15-17H2,1-8H3,(H,32,35)(H,33,36)(H3,30,31,38)/t20-,23?/m1/s1. The largest absolute Gasteiger partial charge is 0.460 e. The van der Waals surface area contributed by atoms with Gasteiger partial charge in [0, 0.05) is 30.0 Å². The highest BCUT2D eigenvalue weighted by molar-refractivity contribution is 5.97. The van der Waals surface area contributed by atoms with Crippen LogP contribution in [0.1, 0.15) is 80.2 Å². The molecule has 0 spiro atoms. The van der Waals surface area contributed by atoms with Crippen LogP contribution in [-0.4, -0.2) is 42.2 Å². The molecular formula is C29H46N4O6. The number of carbonyl (C=O) groups is 5. The first-order valence-electron chi connectivity index (χ1n) is 13.4. The quantitative estimate of drug-likeness (QED) is 0.217. The minimum absolute atomic E-state index is 0.0729. The number of ether oxygens (including phenoxy) is 1. The van der Waals surface area contributed by atoms with Crippen molar-refractivity contribution in [2.45, 2.75) is 87.3 Å². The maximum atomic E-state index is 13.3. The molecule has 0 aliphatic heterocycles. The fourth-order valence-corrected chi connectivity index (χ4v) is 3.53. The Morgan fingerprint density at radius 1 is 0.923 bits per heavy atom. The third kappa shape index (κ3) is 12.3. The maximum Gasteiger partial charge on any atom is 0.312 e. The molecule has 2 atom stereocenters. The van der Waals surface area contributed by atoms with E-state index in [1.54, 1.807) is 65.8 Å². The number of nitrogens with one attached hydrogen (secondary N) is 3. The average Bonchev–Trinajstić information content (AvgIpc) is 2.81. The maximum absolute atomic E-state index is 13.3. The van der Waals surface area contributed by atoms with Crippen molar-refractivity contribution in [1.29, 1.82) is 0 Å². The first-order valence-corrected chi connectivity index (χ1v) is 13.4. The van der Waals surface area contributed by atoms with Crippen LogP contribution in [0.25, 0.3) is 0 Å². The molecule has 39 heavy (non-hydrogen) atoms. The SMILES string of the molecule is CC(C)C(NC(=O)C(C)(C)C)C(=O)C[C@@H](CCCNC(N)=O)C(=O)Nc1ccc(COC(=O)C(C)(C)C)cc1. The Bertz CT molecular complexity index is 1010. The van der Waals surface area contributed by atoms with E-state index in [-0.39, 0.29) is 49.1 Å². The normalized spacial score (nSPS) is 13.3. The number of hydrogen-bond donors (Lipinski definition) is 4. The van der Waals surface area contributed by atoms with Crippen LogP contribution >= 0.6 is 0 Å². The van der Waals surface area contributed by atoms with Gasteiger partial charge in [0.1, 0.15) is 6.61 Å². The van der Waals surface area contributed by atoms with Crippen molar-refractivity contribution in [3.63, 3.8) is 0 Å². The molecule has 0 aliphatic rings. The fraction of sp³-hybridized carbons (Fsp3) is 0.621. The van der Waals surface area contributed by atoms with Crippen molar-refractivity contribution >= 4 is 35.3 Å². The lowest BCUT2D eigenvalue weighted by molar-refractivity contribution is -0.154. The smallest absolute Gasteiger partial charge is 0.312 e. The summed E-state index contributed by atoms with van der Waals surface area (Å²) < 4.78 is 5.32. The van der Waals surface area contributed by atoms with Gasteiger partial charge in [-0.15, -0.1) is 0 Å². The summed E-state index contributed by atoms with van der Waals surface area (Å²) in [6.07, 6.45) is 0.695. The van der Waals surface area contributed by atoms with Crippen LogP contribution in [0.2, 0.25) is 0 Å². The van der Waals surface area contributed by atoms with E-state index in [0.29, 0.717) is 18.5 Å². The van der Waals surface area contributed by atoms with Crippen LogP contribution in [-0.2, 0) is 30.5 Å². The van der Waals surface area contributed by atoms with Crippen LogP contribution in [0.15, 0.2) is 24.3 Å². The molecule has 0 radical (unpaired) electrons. The molecule has 0 aromatic heterocycles. The van der Waals surface area contributed by atoms with Gasteiger partial charge in [-0.2, -0.15) is 0 Å². The monoisotopic (exact) mass is 546 g/mol. The molecule has 0 saturated carbocycles. The number of hydrogen-bond acceptors (Lipinski definition) is 6. The van der Waals surface area contributed by atoms with Gasteiger partial charge in [-0.25, -0.2) is 4.79 Å². The molecule has 1 aromatic carbocycles. The number of amides is 4. The van der Waals surface area contributed by atoms with Gasteiger partial charge in [-0.1, -0.05) is 46.8 Å². The zero-order valence-corrected chi connectivity index (χ0v) is 24.6. The van der Waals surface area contributed by atoms with Crippen molar-refractivity contribution in [1.82, 2.24) is 10.6 Å². The zero-order chi connectivity index (χ0) is 30.0. The first kappa shape index (κ1) is 33.6. The number of anilines is 1. The minimum atomic E-state index is -0.731. The van der Waals surface area contributed by atoms with Crippen LogP contribution in [0.5, 0.6) is 0 Å². The number of carbonyl (C=O) groups excluding carboxylic acids is 5. The third-order valence-electron chi connectivity index (χ3n) is 6.03. The van der Waals surface area contributed by atoms with Crippen LogP contribution < -0.4 is 21.7 Å². The molecule has 0 saturated heterocycles.